The molecule has 0 heterocycles. The molecular formula is C25H27N3O13S2. The summed E-state index contributed by atoms with van der Waals surface area (Å²) in [6.45, 7) is 0. The monoisotopic (exact) mass is 641 g/mol. The van der Waals surface area contributed by atoms with Crippen LogP contribution in [0.5, 0.6) is 23.0 Å². The summed E-state index contributed by atoms with van der Waals surface area (Å²) < 4.78 is 84.0. The summed E-state index contributed by atoms with van der Waals surface area (Å²) in [5.41, 5.74) is -4.86. The Kier molecular flexibility index (Phi) is 9.68. The minimum atomic E-state index is -5.37. The maximum atomic E-state index is 13.0. The van der Waals surface area contributed by atoms with Crippen molar-refractivity contribution in [3.8, 4) is 23.0 Å². The van der Waals surface area contributed by atoms with Crippen LogP contribution in [0.15, 0.2) is 66.0 Å². The molecule has 0 amide bonds. The molecule has 1 aliphatic rings. The summed E-state index contributed by atoms with van der Waals surface area (Å²) in [4.78, 5) is 22.3. The van der Waals surface area contributed by atoms with Gasteiger partial charge in [-0.25, -0.2) is 8.42 Å². The van der Waals surface area contributed by atoms with Gasteiger partial charge in [-0.3, -0.25) is 29.5 Å². The minimum Gasteiger partial charge on any atom is -0.496 e. The van der Waals surface area contributed by atoms with E-state index in [0.717, 1.165) is 19.4 Å². The van der Waals surface area contributed by atoms with Gasteiger partial charge in [-0.05, 0) is 24.3 Å². The van der Waals surface area contributed by atoms with E-state index >= 15 is 0 Å². The Bertz CT molecular complexity index is 1710. The number of nitrogens with zero attached hydrogens (tertiary/aromatic N) is 2. The Morgan fingerprint density at radius 2 is 1.53 bits per heavy atom. The lowest BCUT2D eigenvalue weighted by Crippen LogP contribution is -2.50. The zero-order valence-electron chi connectivity index (χ0n) is 23.1. The van der Waals surface area contributed by atoms with Gasteiger partial charge in [-0.1, -0.05) is 12.1 Å². The Hall–Kier alpha value is -4.68. The van der Waals surface area contributed by atoms with Crippen LogP contribution in [0, 0.1) is 20.2 Å². The Morgan fingerprint density at radius 1 is 0.953 bits per heavy atom. The summed E-state index contributed by atoms with van der Waals surface area (Å²) in [5.74, 6) is -0.492. The first-order valence-corrected chi connectivity index (χ1v) is 15.1. The zero-order chi connectivity index (χ0) is 32.2. The van der Waals surface area contributed by atoms with E-state index in [2.05, 4.69) is 4.72 Å². The van der Waals surface area contributed by atoms with E-state index in [1.807, 2.05) is 0 Å². The summed E-state index contributed by atoms with van der Waals surface area (Å²) in [7, 11) is -4.59. The molecule has 0 aromatic heterocycles. The van der Waals surface area contributed by atoms with Crippen LogP contribution in [0.4, 0.5) is 0 Å². The number of hydrogen-bond acceptors (Lipinski definition) is 12. The van der Waals surface area contributed by atoms with Crippen molar-refractivity contribution in [1.82, 2.24) is 4.72 Å². The lowest BCUT2D eigenvalue weighted by molar-refractivity contribution is -0.564. The second kappa shape index (κ2) is 12.7. The van der Waals surface area contributed by atoms with Gasteiger partial charge in [0.1, 0.15) is 28.8 Å². The third-order valence-corrected chi connectivity index (χ3v) is 8.75. The third kappa shape index (κ3) is 6.71. The Labute approximate surface area is 246 Å². The lowest BCUT2D eigenvalue weighted by Gasteiger charge is -2.31. The molecule has 0 aliphatic heterocycles. The van der Waals surface area contributed by atoms with Crippen molar-refractivity contribution in [3.63, 3.8) is 0 Å². The van der Waals surface area contributed by atoms with E-state index in [1.165, 1.54) is 57.7 Å². The quantitative estimate of drug-likeness (QED) is 0.182. The number of benzene rings is 2. The smallest absolute Gasteiger partial charge is 0.298 e. The Balaban J connectivity index is 2.09. The lowest BCUT2D eigenvalue weighted by atomic mass is 9.80. The van der Waals surface area contributed by atoms with Crippen LogP contribution in [-0.2, 0) is 25.7 Å². The van der Waals surface area contributed by atoms with Gasteiger partial charge in [0.05, 0.1) is 50.6 Å². The van der Waals surface area contributed by atoms with Crippen LogP contribution in [0.3, 0.4) is 0 Å². The molecule has 0 saturated carbocycles. The van der Waals surface area contributed by atoms with Crippen molar-refractivity contribution >= 4 is 26.2 Å². The summed E-state index contributed by atoms with van der Waals surface area (Å²) in [5, 5.41) is 22.1. The summed E-state index contributed by atoms with van der Waals surface area (Å²) >= 11 is 0. The Morgan fingerprint density at radius 3 is 2.02 bits per heavy atom. The molecule has 1 aliphatic carbocycles. The molecule has 0 radical (unpaired) electrons. The van der Waals surface area contributed by atoms with Gasteiger partial charge in [0.15, 0.2) is 5.25 Å². The van der Waals surface area contributed by atoms with E-state index in [0.29, 0.717) is 23.5 Å². The number of sulfonamides is 1. The number of nitro groups is 2. The van der Waals surface area contributed by atoms with E-state index in [1.54, 1.807) is 0 Å². The highest BCUT2D eigenvalue weighted by molar-refractivity contribution is 7.89. The standard InChI is InChI=1S/C25H27N3O13S2/c1-38-17-12-22(40-3)18(23(13-17)41-4)9-10-26-42(33,34)15-16-11-24(43(35,36)37)25(28(31)32,14-20(16)27(29)30)19-7-5-6-8-21(19)39-2/h5-14,24,26H,15H2,1-4H3,(H,35,36,37)/b10-9+. The normalized spacial score (nSPS) is 18.8. The van der Waals surface area contributed by atoms with Gasteiger partial charge in [0, 0.05) is 28.8 Å². The SMILES string of the molecule is COc1cc(OC)c(/C=C/NS(=O)(=O)CC2=CC(S(=O)(=O)O)C(c3ccccc3OC)([N+](=O)[O-])C=C2[N+](=O)[O-])c(OC)c1. The number of nitrogens with one attached hydrogen (secondary N) is 1. The molecule has 16 nitrogen and oxygen atoms in total. The second-order valence-electron chi connectivity index (χ2n) is 8.85. The van der Waals surface area contributed by atoms with Crippen molar-refractivity contribution < 1.29 is 50.2 Å². The van der Waals surface area contributed by atoms with Crippen molar-refractivity contribution in [3.05, 3.63) is 97.4 Å². The first kappa shape index (κ1) is 32.8. The fourth-order valence-electron chi connectivity index (χ4n) is 4.51. The van der Waals surface area contributed by atoms with E-state index in [9.17, 15) is 41.6 Å². The predicted molar refractivity (Wildman–Crippen MR) is 152 cm³/mol. The van der Waals surface area contributed by atoms with Crippen molar-refractivity contribution in [2.75, 3.05) is 34.2 Å². The van der Waals surface area contributed by atoms with Gasteiger partial charge in [0.25, 0.3) is 21.4 Å². The molecule has 2 aromatic carbocycles. The molecule has 2 aromatic rings. The van der Waals surface area contributed by atoms with Crippen molar-refractivity contribution in [2.45, 2.75) is 10.8 Å². The topological polar surface area (TPSA) is 224 Å². The first-order valence-electron chi connectivity index (χ1n) is 11.9. The number of allylic oxidation sites excluding steroid dienone is 1. The van der Waals surface area contributed by atoms with Crippen LogP contribution in [0.2, 0.25) is 0 Å². The van der Waals surface area contributed by atoms with Gasteiger partial charge >= 0.3 is 0 Å². The molecule has 18 heteroatoms. The van der Waals surface area contributed by atoms with Gasteiger partial charge < -0.3 is 18.9 Å². The van der Waals surface area contributed by atoms with Crippen LogP contribution < -0.4 is 23.7 Å². The van der Waals surface area contributed by atoms with Gasteiger partial charge in [-0.15, -0.1) is 0 Å². The number of hydrogen-bond donors (Lipinski definition) is 2. The maximum absolute atomic E-state index is 13.0. The summed E-state index contributed by atoms with van der Waals surface area (Å²) in [6.07, 6.45) is 3.13. The highest BCUT2D eigenvalue weighted by atomic mass is 32.2. The molecule has 232 valence electrons. The fraction of sp³-hybridized carbons (Fsp3) is 0.280. The first-order chi connectivity index (χ1) is 20.1. The van der Waals surface area contributed by atoms with Crippen LogP contribution >= 0.6 is 0 Å². The maximum Gasteiger partial charge on any atom is 0.298 e. The summed E-state index contributed by atoms with van der Waals surface area (Å²) in [6, 6.07) is 8.11. The number of rotatable bonds is 13. The minimum absolute atomic E-state index is 0.201. The van der Waals surface area contributed by atoms with E-state index in [4.69, 9.17) is 18.9 Å². The molecule has 0 spiro atoms. The average Bonchev–Trinajstić information content (AvgIpc) is 2.95. The molecular weight excluding hydrogens is 614 g/mol. The number of methoxy groups -OCH3 is 4. The molecule has 2 unspecified atom stereocenters. The van der Waals surface area contributed by atoms with Crippen LogP contribution in [0.25, 0.3) is 6.08 Å². The van der Waals surface area contributed by atoms with E-state index < -0.39 is 63.4 Å². The van der Waals surface area contributed by atoms with Crippen molar-refractivity contribution in [1.29, 1.82) is 0 Å². The number of ether oxygens (including phenoxy) is 4. The highest BCUT2D eigenvalue weighted by Crippen LogP contribution is 2.44. The third-order valence-electron chi connectivity index (χ3n) is 6.43. The molecule has 0 bridgehead atoms. The highest BCUT2D eigenvalue weighted by Gasteiger charge is 2.61. The molecule has 0 fully saturated rings. The molecule has 3 rings (SSSR count). The van der Waals surface area contributed by atoms with E-state index in [-0.39, 0.29) is 17.2 Å². The molecule has 43 heavy (non-hydrogen) atoms. The largest absolute Gasteiger partial charge is 0.496 e. The average molecular weight is 642 g/mol. The predicted octanol–water partition coefficient (Wildman–Crippen LogP) is 2.14. The van der Waals surface area contributed by atoms with Crippen molar-refractivity contribution in [2.24, 2.45) is 0 Å². The number of para-hydroxylation sites is 1. The van der Waals surface area contributed by atoms with Gasteiger partial charge in [-0.2, -0.15) is 8.42 Å². The molecule has 2 N–H and O–H groups in total. The zero-order valence-corrected chi connectivity index (χ0v) is 24.7. The van der Waals surface area contributed by atoms with Gasteiger partial charge in [0.2, 0.25) is 10.0 Å². The second-order valence-corrected chi connectivity index (χ2v) is 12.1. The fourth-order valence-corrected chi connectivity index (χ4v) is 6.59. The molecule has 0 saturated heterocycles. The van der Waals surface area contributed by atoms with Crippen LogP contribution in [0.1, 0.15) is 11.1 Å². The molecule has 2 atom stereocenters. The van der Waals surface area contributed by atoms with Crippen LogP contribution in [-0.4, -0.2) is 70.7 Å².